The normalized spacial score (nSPS) is 18.5. The summed E-state index contributed by atoms with van der Waals surface area (Å²) in [6.45, 7) is 2.26. The fourth-order valence-corrected chi connectivity index (χ4v) is 2.88. The van der Waals surface area contributed by atoms with Gasteiger partial charge in [0, 0.05) is 11.5 Å². The highest BCUT2D eigenvalue weighted by molar-refractivity contribution is 6.32. The number of ether oxygens (including phenoxy) is 1. The Morgan fingerprint density at radius 2 is 2.17 bits per heavy atom. The fraction of sp³-hybridized carbons (Fsp3) is 0.571. The predicted octanol–water partition coefficient (Wildman–Crippen LogP) is 2.69. The Hall–Kier alpha value is -0.770. The van der Waals surface area contributed by atoms with Crippen molar-refractivity contribution in [3.05, 3.63) is 28.3 Å². The maximum Gasteiger partial charge on any atom is 0.137 e. The number of benzene rings is 1. The first kappa shape index (κ1) is 13.7. The molecule has 1 aromatic rings. The highest BCUT2D eigenvalue weighted by atomic mass is 35.5. The van der Waals surface area contributed by atoms with Gasteiger partial charge in [-0.05, 0) is 50.1 Å². The number of hydrogen-bond acceptors (Lipinski definition) is 3. The van der Waals surface area contributed by atoms with E-state index < -0.39 is 0 Å². The largest absolute Gasteiger partial charge is 0.495 e. The second-order valence-electron chi connectivity index (χ2n) is 5.09. The summed E-state index contributed by atoms with van der Waals surface area (Å²) in [6.07, 6.45) is 2.11. The van der Waals surface area contributed by atoms with Crippen LogP contribution < -0.4 is 10.1 Å². The summed E-state index contributed by atoms with van der Waals surface area (Å²) >= 11 is 6.20. The zero-order valence-electron chi connectivity index (χ0n) is 11.1. The van der Waals surface area contributed by atoms with E-state index in [0.717, 1.165) is 24.0 Å². The van der Waals surface area contributed by atoms with Gasteiger partial charge in [0.15, 0.2) is 0 Å². The van der Waals surface area contributed by atoms with Crippen LogP contribution in [0.3, 0.4) is 0 Å². The molecule has 0 spiro atoms. The third-order valence-corrected chi connectivity index (χ3v) is 4.26. The minimum Gasteiger partial charge on any atom is -0.495 e. The lowest BCUT2D eigenvalue weighted by atomic mass is 9.88. The van der Waals surface area contributed by atoms with Crippen molar-refractivity contribution in [3.63, 3.8) is 0 Å². The lowest BCUT2D eigenvalue weighted by Gasteiger charge is -2.27. The van der Waals surface area contributed by atoms with Crippen molar-refractivity contribution in [2.45, 2.75) is 25.8 Å². The van der Waals surface area contributed by atoms with Crippen LogP contribution in [-0.2, 0) is 0 Å². The molecule has 2 N–H and O–H groups in total. The minimum absolute atomic E-state index is 0.0164. The highest BCUT2D eigenvalue weighted by Crippen LogP contribution is 2.55. The molecule has 0 saturated heterocycles. The van der Waals surface area contributed by atoms with Crippen molar-refractivity contribution in [1.82, 2.24) is 5.32 Å². The van der Waals surface area contributed by atoms with Gasteiger partial charge >= 0.3 is 0 Å². The molecular weight excluding hydrogens is 250 g/mol. The summed E-state index contributed by atoms with van der Waals surface area (Å²) in [5.74, 6) is 0.696. The summed E-state index contributed by atoms with van der Waals surface area (Å²) in [5, 5.41) is 13.5. The summed E-state index contributed by atoms with van der Waals surface area (Å²) in [4.78, 5) is 0. The van der Waals surface area contributed by atoms with Crippen molar-refractivity contribution < 1.29 is 9.84 Å². The van der Waals surface area contributed by atoms with Gasteiger partial charge < -0.3 is 15.2 Å². The monoisotopic (exact) mass is 269 g/mol. The van der Waals surface area contributed by atoms with Crippen molar-refractivity contribution in [3.8, 4) is 5.75 Å². The minimum atomic E-state index is -0.0164. The van der Waals surface area contributed by atoms with Crippen LogP contribution in [0.2, 0.25) is 5.02 Å². The molecule has 0 aliphatic heterocycles. The molecule has 1 fully saturated rings. The number of aliphatic hydroxyl groups is 1. The molecule has 1 aliphatic rings. The van der Waals surface area contributed by atoms with E-state index in [4.69, 9.17) is 16.3 Å². The van der Waals surface area contributed by atoms with E-state index in [1.165, 1.54) is 0 Å². The molecule has 0 aromatic heterocycles. The molecule has 0 bridgehead atoms. The number of aliphatic hydroxyl groups excluding tert-OH is 1. The van der Waals surface area contributed by atoms with Gasteiger partial charge in [-0.25, -0.2) is 0 Å². The fourth-order valence-electron chi connectivity index (χ4n) is 2.63. The van der Waals surface area contributed by atoms with Crippen molar-refractivity contribution in [2.75, 3.05) is 20.8 Å². The van der Waals surface area contributed by atoms with Crippen molar-refractivity contribution >= 4 is 11.6 Å². The van der Waals surface area contributed by atoms with Crippen molar-refractivity contribution in [1.29, 1.82) is 0 Å². The molecule has 0 heterocycles. The average molecular weight is 270 g/mol. The van der Waals surface area contributed by atoms with Gasteiger partial charge in [-0.1, -0.05) is 11.6 Å². The van der Waals surface area contributed by atoms with Crippen LogP contribution in [0.4, 0.5) is 0 Å². The van der Waals surface area contributed by atoms with Gasteiger partial charge in [0.25, 0.3) is 0 Å². The maximum atomic E-state index is 9.58. The first-order chi connectivity index (χ1) is 8.57. The standard InChI is InChI=1S/C14H20ClNO2/c1-9-6-12(18-3)11(15)7-10(9)13(16-2)14(8-17)4-5-14/h6-7,13,16-17H,4-5,8H2,1-3H3. The Labute approximate surface area is 113 Å². The van der Waals surface area contributed by atoms with Gasteiger partial charge in [-0.3, -0.25) is 0 Å². The zero-order valence-corrected chi connectivity index (χ0v) is 11.8. The van der Waals surface area contributed by atoms with Crippen LogP contribution >= 0.6 is 11.6 Å². The number of hydrogen-bond donors (Lipinski definition) is 2. The van der Waals surface area contributed by atoms with E-state index in [2.05, 4.69) is 5.32 Å². The molecule has 0 amide bonds. The Balaban J connectivity index is 2.40. The lowest BCUT2D eigenvalue weighted by Crippen LogP contribution is -2.29. The van der Waals surface area contributed by atoms with E-state index in [9.17, 15) is 5.11 Å². The molecule has 0 radical (unpaired) electrons. The number of nitrogens with one attached hydrogen (secondary N) is 1. The van der Waals surface area contributed by atoms with Crippen LogP contribution in [0.1, 0.15) is 30.0 Å². The van der Waals surface area contributed by atoms with Crippen LogP contribution in [0.15, 0.2) is 12.1 Å². The third-order valence-electron chi connectivity index (χ3n) is 3.96. The van der Waals surface area contributed by atoms with E-state index >= 15 is 0 Å². The summed E-state index contributed by atoms with van der Waals surface area (Å²) < 4.78 is 5.22. The van der Waals surface area contributed by atoms with Gasteiger partial charge in [-0.15, -0.1) is 0 Å². The molecule has 4 heteroatoms. The molecule has 100 valence electrons. The number of aryl methyl sites for hydroxylation is 1. The number of methoxy groups -OCH3 is 1. The van der Waals surface area contributed by atoms with E-state index in [0.29, 0.717) is 10.8 Å². The summed E-state index contributed by atoms with van der Waals surface area (Å²) in [6, 6.07) is 4.05. The SMILES string of the molecule is CNC(c1cc(Cl)c(OC)cc1C)C1(CO)CC1. The highest BCUT2D eigenvalue weighted by Gasteiger charge is 2.49. The van der Waals surface area contributed by atoms with E-state index in [-0.39, 0.29) is 18.1 Å². The predicted molar refractivity (Wildman–Crippen MR) is 73.3 cm³/mol. The first-order valence-electron chi connectivity index (χ1n) is 6.20. The molecule has 1 unspecified atom stereocenters. The summed E-state index contributed by atoms with van der Waals surface area (Å²) in [7, 11) is 3.55. The molecule has 3 nitrogen and oxygen atoms in total. The van der Waals surface area contributed by atoms with Gasteiger partial charge in [0.2, 0.25) is 0 Å². The van der Waals surface area contributed by atoms with Crippen LogP contribution in [0, 0.1) is 12.3 Å². The average Bonchev–Trinajstić information content (AvgIpc) is 3.15. The van der Waals surface area contributed by atoms with Gasteiger partial charge in [0.1, 0.15) is 5.75 Å². The molecule has 1 saturated carbocycles. The van der Waals surface area contributed by atoms with E-state index in [1.807, 2.05) is 26.1 Å². The zero-order chi connectivity index (χ0) is 13.3. The second kappa shape index (κ2) is 5.08. The third kappa shape index (κ3) is 2.22. The van der Waals surface area contributed by atoms with Crippen molar-refractivity contribution in [2.24, 2.45) is 5.41 Å². The molecule has 1 aromatic carbocycles. The Kier molecular flexibility index (Phi) is 3.85. The Morgan fingerprint density at radius 3 is 2.61 bits per heavy atom. The molecule has 1 aliphatic carbocycles. The Bertz CT molecular complexity index is 444. The van der Waals surface area contributed by atoms with Gasteiger partial charge in [-0.2, -0.15) is 0 Å². The van der Waals surface area contributed by atoms with Crippen LogP contribution in [-0.4, -0.2) is 25.9 Å². The summed E-state index contributed by atoms with van der Waals surface area (Å²) in [5.41, 5.74) is 2.27. The molecule has 1 atom stereocenters. The van der Waals surface area contributed by atoms with Crippen LogP contribution in [0.5, 0.6) is 5.75 Å². The quantitative estimate of drug-likeness (QED) is 0.864. The second-order valence-corrected chi connectivity index (χ2v) is 5.49. The Morgan fingerprint density at radius 1 is 1.50 bits per heavy atom. The molecule has 18 heavy (non-hydrogen) atoms. The maximum absolute atomic E-state index is 9.58. The lowest BCUT2D eigenvalue weighted by molar-refractivity contribution is 0.175. The molecular formula is C14H20ClNO2. The van der Waals surface area contributed by atoms with E-state index in [1.54, 1.807) is 7.11 Å². The van der Waals surface area contributed by atoms with Crippen LogP contribution in [0.25, 0.3) is 0 Å². The topological polar surface area (TPSA) is 41.5 Å². The molecule has 2 rings (SSSR count). The number of halogens is 1. The number of rotatable bonds is 5. The smallest absolute Gasteiger partial charge is 0.137 e. The first-order valence-corrected chi connectivity index (χ1v) is 6.58. The van der Waals surface area contributed by atoms with Gasteiger partial charge in [0.05, 0.1) is 18.7 Å².